The van der Waals surface area contributed by atoms with Gasteiger partial charge in [-0.1, -0.05) is 0 Å². The zero-order chi connectivity index (χ0) is 14.2. The summed E-state index contributed by atoms with van der Waals surface area (Å²) in [7, 11) is 0. The quantitative estimate of drug-likeness (QED) is 0.668. The number of piperidine rings is 1. The summed E-state index contributed by atoms with van der Waals surface area (Å²) in [5.74, 6) is 0.0905. The Labute approximate surface area is 133 Å². The van der Waals surface area contributed by atoms with Gasteiger partial charge < -0.3 is 20.4 Å². The van der Waals surface area contributed by atoms with Crippen LogP contribution in [-0.4, -0.2) is 74.0 Å². The second-order valence-electron chi connectivity index (χ2n) is 5.57. The number of rotatable bonds is 6. The highest BCUT2D eigenvalue weighted by Gasteiger charge is 2.20. The zero-order valence-corrected chi connectivity index (χ0v) is 13.4. The average Bonchev–Trinajstić information content (AvgIpc) is 2.47. The lowest BCUT2D eigenvalue weighted by Crippen LogP contribution is -2.45. The van der Waals surface area contributed by atoms with Crippen molar-refractivity contribution in [2.75, 3.05) is 52.4 Å². The van der Waals surface area contributed by atoms with Gasteiger partial charge >= 0.3 is 0 Å². The molecule has 0 aromatic heterocycles. The summed E-state index contributed by atoms with van der Waals surface area (Å²) in [6.45, 7) is 6.99. The van der Waals surface area contributed by atoms with Gasteiger partial charge in [0.1, 0.15) is 0 Å². The van der Waals surface area contributed by atoms with Gasteiger partial charge in [-0.2, -0.15) is 0 Å². The first kappa shape index (κ1) is 18.2. The largest absolute Gasteiger partial charge is 0.355 e. The SMILES string of the molecule is Cl.O=C(CN1CCCCC1=O)NCCCN1CCNCC1. The highest BCUT2D eigenvalue weighted by Crippen LogP contribution is 2.09. The second kappa shape index (κ2) is 9.97. The fourth-order valence-corrected chi connectivity index (χ4v) is 2.72. The van der Waals surface area contributed by atoms with E-state index in [1.807, 2.05) is 0 Å². The molecule has 0 saturated carbocycles. The van der Waals surface area contributed by atoms with Gasteiger partial charge in [0, 0.05) is 45.7 Å². The van der Waals surface area contributed by atoms with Gasteiger partial charge in [-0.3, -0.25) is 9.59 Å². The minimum Gasteiger partial charge on any atom is -0.355 e. The van der Waals surface area contributed by atoms with Crippen LogP contribution in [0.25, 0.3) is 0 Å². The Bertz CT molecular complexity index is 335. The molecule has 6 nitrogen and oxygen atoms in total. The highest BCUT2D eigenvalue weighted by atomic mass is 35.5. The molecule has 2 aliphatic heterocycles. The van der Waals surface area contributed by atoms with E-state index >= 15 is 0 Å². The molecule has 2 fully saturated rings. The maximum absolute atomic E-state index is 11.8. The minimum atomic E-state index is -0.0273. The lowest BCUT2D eigenvalue weighted by Gasteiger charge is -2.27. The molecule has 0 aromatic carbocycles. The van der Waals surface area contributed by atoms with Crippen LogP contribution in [0, 0.1) is 0 Å². The van der Waals surface area contributed by atoms with E-state index in [1.54, 1.807) is 4.90 Å². The molecule has 2 rings (SSSR count). The lowest BCUT2D eigenvalue weighted by molar-refractivity contribution is -0.137. The predicted octanol–water partition coefficient (Wildman–Crippen LogP) is -0.168. The molecule has 21 heavy (non-hydrogen) atoms. The molecule has 0 unspecified atom stereocenters. The molecule has 0 radical (unpaired) electrons. The Balaban J connectivity index is 0.00000220. The number of likely N-dealkylation sites (tertiary alicyclic amines) is 1. The average molecular weight is 319 g/mol. The van der Waals surface area contributed by atoms with Crippen molar-refractivity contribution in [1.82, 2.24) is 20.4 Å². The molecule has 0 aliphatic carbocycles. The van der Waals surface area contributed by atoms with Crippen molar-refractivity contribution in [3.05, 3.63) is 0 Å². The van der Waals surface area contributed by atoms with Crippen LogP contribution in [0.3, 0.4) is 0 Å². The van der Waals surface area contributed by atoms with Crippen molar-refractivity contribution < 1.29 is 9.59 Å². The van der Waals surface area contributed by atoms with Crippen molar-refractivity contribution in [3.63, 3.8) is 0 Å². The Morgan fingerprint density at radius 1 is 1.19 bits per heavy atom. The number of nitrogens with one attached hydrogen (secondary N) is 2. The first-order valence-electron chi connectivity index (χ1n) is 7.73. The van der Waals surface area contributed by atoms with Crippen LogP contribution in [0.5, 0.6) is 0 Å². The first-order valence-corrected chi connectivity index (χ1v) is 7.73. The van der Waals surface area contributed by atoms with Gasteiger partial charge in [-0.05, 0) is 25.8 Å². The van der Waals surface area contributed by atoms with Crippen molar-refractivity contribution in [3.8, 4) is 0 Å². The monoisotopic (exact) mass is 318 g/mol. The summed E-state index contributed by atoms with van der Waals surface area (Å²) in [5, 5.41) is 6.24. The van der Waals surface area contributed by atoms with Crippen molar-refractivity contribution in [1.29, 1.82) is 0 Å². The molecule has 2 N–H and O–H groups in total. The molecule has 2 amide bonds. The number of amides is 2. The zero-order valence-electron chi connectivity index (χ0n) is 12.6. The number of hydrogen-bond acceptors (Lipinski definition) is 4. The molecular formula is C14H27ClN4O2. The predicted molar refractivity (Wildman–Crippen MR) is 84.6 cm³/mol. The molecule has 7 heteroatoms. The third-order valence-corrected chi connectivity index (χ3v) is 3.94. The van der Waals surface area contributed by atoms with Gasteiger partial charge in [-0.25, -0.2) is 0 Å². The normalized spacial score (nSPS) is 20.0. The van der Waals surface area contributed by atoms with Crippen LogP contribution in [0.1, 0.15) is 25.7 Å². The Morgan fingerprint density at radius 3 is 2.67 bits per heavy atom. The van der Waals surface area contributed by atoms with E-state index in [2.05, 4.69) is 15.5 Å². The third-order valence-electron chi connectivity index (χ3n) is 3.94. The Kier molecular flexibility index (Phi) is 8.64. The first-order chi connectivity index (χ1) is 9.75. The van der Waals surface area contributed by atoms with Crippen molar-refractivity contribution in [2.24, 2.45) is 0 Å². The topological polar surface area (TPSA) is 64.7 Å². The maximum atomic E-state index is 11.8. The molecule has 0 bridgehead atoms. The number of nitrogens with zero attached hydrogens (tertiary/aromatic N) is 2. The van der Waals surface area contributed by atoms with Crippen LogP contribution in [0.15, 0.2) is 0 Å². The molecule has 0 aromatic rings. The van der Waals surface area contributed by atoms with E-state index in [0.717, 1.165) is 58.5 Å². The highest BCUT2D eigenvalue weighted by molar-refractivity contribution is 5.85. The van der Waals surface area contributed by atoms with Crippen LogP contribution < -0.4 is 10.6 Å². The summed E-state index contributed by atoms with van der Waals surface area (Å²) in [6, 6.07) is 0. The molecule has 2 aliphatic rings. The van der Waals surface area contributed by atoms with E-state index in [9.17, 15) is 9.59 Å². The molecule has 122 valence electrons. The molecule has 0 atom stereocenters. The summed E-state index contributed by atoms with van der Waals surface area (Å²) < 4.78 is 0. The fraction of sp³-hybridized carbons (Fsp3) is 0.857. The number of carbonyl (C=O) groups is 2. The smallest absolute Gasteiger partial charge is 0.239 e. The Morgan fingerprint density at radius 2 is 1.95 bits per heavy atom. The second-order valence-corrected chi connectivity index (χ2v) is 5.57. The van der Waals surface area contributed by atoms with E-state index in [4.69, 9.17) is 0 Å². The van der Waals surface area contributed by atoms with Gasteiger partial charge in [0.05, 0.1) is 6.54 Å². The lowest BCUT2D eigenvalue weighted by atomic mass is 10.1. The van der Waals surface area contributed by atoms with E-state index in [0.29, 0.717) is 13.0 Å². The van der Waals surface area contributed by atoms with Crippen LogP contribution in [0.4, 0.5) is 0 Å². The van der Waals surface area contributed by atoms with Gasteiger partial charge in [0.15, 0.2) is 0 Å². The van der Waals surface area contributed by atoms with E-state index < -0.39 is 0 Å². The van der Waals surface area contributed by atoms with Crippen molar-refractivity contribution in [2.45, 2.75) is 25.7 Å². The number of hydrogen-bond donors (Lipinski definition) is 2. The summed E-state index contributed by atoms with van der Waals surface area (Å²) in [6.07, 6.45) is 3.54. The summed E-state index contributed by atoms with van der Waals surface area (Å²) >= 11 is 0. The molecule has 2 heterocycles. The van der Waals surface area contributed by atoms with Gasteiger partial charge in [0.2, 0.25) is 11.8 Å². The summed E-state index contributed by atoms with van der Waals surface area (Å²) in [4.78, 5) is 27.5. The summed E-state index contributed by atoms with van der Waals surface area (Å²) in [5.41, 5.74) is 0. The minimum absolute atomic E-state index is 0. The van der Waals surface area contributed by atoms with E-state index in [-0.39, 0.29) is 30.8 Å². The van der Waals surface area contributed by atoms with E-state index in [1.165, 1.54) is 0 Å². The molecular weight excluding hydrogens is 292 g/mol. The van der Waals surface area contributed by atoms with Crippen LogP contribution in [-0.2, 0) is 9.59 Å². The third kappa shape index (κ3) is 6.63. The maximum Gasteiger partial charge on any atom is 0.239 e. The fourth-order valence-electron chi connectivity index (χ4n) is 2.72. The number of halogens is 1. The molecule has 0 spiro atoms. The number of carbonyl (C=O) groups excluding carboxylic acids is 2. The van der Waals surface area contributed by atoms with Crippen molar-refractivity contribution >= 4 is 24.2 Å². The standard InChI is InChI=1S/C14H26N4O2.ClH/c19-13(12-18-9-2-1-4-14(18)20)16-5-3-8-17-10-6-15-7-11-17;/h15H,1-12H2,(H,16,19);1H. The van der Waals surface area contributed by atoms with Gasteiger partial charge in [0.25, 0.3) is 0 Å². The number of piperazine rings is 1. The molecule has 2 saturated heterocycles. The van der Waals surface area contributed by atoms with Gasteiger partial charge in [-0.15, -0.1) is 12.4 Å². The Hall–Kier alpha value is -0.850. The van der Waals surface area contributed by atoms with Crippen LogP contribution in [0.2, 0.25) is 0 Å². The van der Waals surface area contributed by atoms with Crippen LogP contribution >= 0.6 is 12.4 Å².